The zero-order valence-corrected chi connectivity index (χ0v) is 18.7. The molecule has 4 nitrogen and oxygen atoms in total. The summed E-state index contributed by atoms with van der Waals surface area (Å²) in [5.41, 5.74) is 2.52. The van der Waals surface area contributed by atoms with Crippen LogP contribution in [0, 0.1) is 5.82 Å². The SMILES string of the molecule is O=C1S/C(=C/c2ccc(OCc3ccccc3)c(Br)c2)C(=O)N1Cc1ccc(F)cc1. The molecule has 0 spiro atoms. The van der Waals surface area contributed by atoms with Crippen LogP contribution >= 0.6 is 27.7 Å². The quantitative estimate of drug-likeness (QED) is 0.369. The van der Waals surface area contributed by atoms with Crippen LogP contribution < -0.4 is 4.74 Å². The molecule has 0 aliphatic carbocycles. The molecule has 1 heterocycles. The lowest BCUT2D eigenvalue weighted by molar-refractivity contribution is -0.123. The molecule has 7 heteroatoms. The minimum absolute atomic E-state index is 0.109. The molecule has 3 aromatic rings. The van der Waals surface area contributed by atoms with Crippen molar-refractivity contribution in [3.63, 3.8) is 0 Å². The summed E-state index contributed by atoms with van der Waals surface area (Å²) in [5.74, 6) is -0.0372. The van der Waals surface area contributed by atoms with Gasteiger partial charge in [0.15, 0.2) is 0 Å². The Balaban J connectivity index is 1.45. The van der Waals surface area contributed by atoms with Gasteiger partial charge in [-0.25, -0.2) is 4.39 Å². The summed E-state index contributed by atoms with van der Waals surface area (Å²) < 4.78 is 19.7. The summed E-state index contributed by atoms with van der Waals surface area (Å²) in [6.07, 6.45) is 1.68. The Morgan fingerprint density at radius 3 is 2.42 bits per heavy atom. The van der Waals surface area contributed by atoms with Crippen molar-refractivity contribution < 1.29 is 18.7 Å². The Labute approximate surface area is 191 Å². The van der Waals surface area contributed by atoms with Gasteiger partial charge in [-0.1, -0.05) is 48.5 Å². The number of amides is 2. The van der Waals surface area contributed by atoms with Gasteiger partial charge in [0.1, 0.15) is 18.2 Å². The lowest BCUT2D eigenvalue weighted by Crippen LogP contribution is -2.27. The van der Waals surface area contributed by atoms with E-state index in [0.29, 0.717) is 22.8 Å². The maximum atomic E-state index is 13.1. The van der Waals surface area contributed by atoms with Crippen molar-refractivity contribution in [1.82, 2.24) is 4.90 Å². The topological polar surface area (TPSA) is 46.6 Å². The van der Waals surface area contributed by atoms with E-state index in [0.717, 1.165) is 32.3 Å². The molecule has 1 aliphatic rings. The van der Waals surface area contributed by atoms with Crippen molar-refractivity contribution in [3.8, 4) is 5.75 Å². The highest BCUT2D eigenvalue weighted by molar-refractivity contribution is 9.10. The number of carbonyl (C=O) groups excluding carboxylic acids is 2. The first-order valence-electron chi connectivity index (χ1n) is 9.46. The number of benzene rings is 3. The lowest BCUT2D eigenvalue weighted by Gasteiger charge is -2.12. The Hall–Kier alpha value is -2.90. The Morgan fingerprint density at radius 2 is 1.71 bits per heavy atom. The molecule has 156 valence electrons. The fourth-order valence-electron chi connectivity index (χ4n) is 3.02. The number of thioether (sulfide) groups is 1. The van der Waals surface area contributed by atoms with E-state index in [1.807, 2.05) is 48.5 Å². The van der Waals surface area contributed by atoms with Gasteiger partial charge in [0, 0.05) is 0 Å². The van der Waals surface area contributed by atoms with Gasteiger partial charge in [0.2, 0.25) is 0 Å². The minimum Gasteiger partial charge on any atom is -0.488 e. The molecule has 0 aromatic heterocycles. The van der Waals surface area contributed by atoms with Crippen LogP contribution in [0.1, 0.15) is 16.7 Å². The van der Waals surface area contributed by atoms with Crippen molar-refractivity contribution in [2.45, 2.75) is 13.2 Å². The fourth-order valence-corrected chi connectivity index (χ4v) is 4.37. The normalized spacial score (nSPS) is 15.0. The number of carbonyl (C=O) groups is 2. The van der Waals surface area contributed by atoms with Crippen molar-refractivity contribution in [1.29, 1.82) is 0 Å². The second-order valence-corrected chi connectivity index (χ2v) is 8.71. The van der Waals surface area contributed by atoms with E-state index < -0.39 is 0 Å². The number of hydrogen-bond acceptors (Lipinski definition) is 4. The van der Waals surface area contributed by atoms with E-state index in [1.54, 1.807) is 18.2 Å². The molecule has 1 fully saturated rings. The third kappa shape index (κ3) is 5.24. The molecule has 4 rings (SSSR count). The summed E-state index contributed by atoms with van der Waals surface area (Å²) in [4.78, 5) is 26.5. The van der Waals surface area contributed by atoms with Gasteiger partial charge in [0.25, 0.3) is 11.1 Å². The summed E-state index contributed by atoms with van der Waals surface area (Å²) in [6, 6.07) is 21.1. The highest BCUT2D eigenvalue weighted by Gasteiger charge is 2.35. The number of imide groups is 1. The molecule has 31 heavy (non-hydrogen) atoms. The van der Waals surface area contributed by atoms with Crippen LogP contribution in [-0.2, 0) is 17.9 Å². The van der Waals surface area contributed by atoms with Crippen molar-refractivity contribution in [2.75, 3.05) is 0 Å². The molecule has 2 amide bonds. The lowest BCUT2D eigenvalue weighted by atomic mass is 10.2. The number of nitrogens with zero attached hydrogens (tertiary/aromatic N) is 1. The molecule has 0 radical (unpaired) electrons. The molecule has 1 saturated heterocycles. The summed E-state index contributed by atoms with van der Waals surface area (Å²) in [5, 5.41) is -0.345. The first kappa shape index (κ1) is 21.3. The van der Waals surface area contributed by atoms with Gasteiger partial charge in [0.05, 0.1) is 15.9 Å². The first-order chi connectivity index (χ1) is 15.0. The molecule has 3 aromatic carbocycles. The molecular formula is C24H17BrFNO3S. The van der Waals surface area contributed by atoms with E-state index in [9.17, 15) is 14.0 Å². The molecule has 0 N–H and O–H groups in total. The largest absolute Gasteiger partial charge is 0.488 e. The highest BCUT2D eigenvalue weighted by atomic mass is 79.9. The van der Waals surface area contributed by atoms with Gasteiger partial charge in [-0.3, -0.25) is 14.5 Å². The predicted molar refractivity (Wildman–Crippen MR) is 123 cm³/mol. The number of rotatable bonds is 6. The zero-order chi connectivity index (χ0) is 21.8. The van der Waals surface area contributed by atoms with Crippen LogP contribution in [-0.4, -0.2) is 16.0 Å². The van der Waals surface area contributed by atoms with Gasteiger partial charge in [-0.15, -0.1) is 0 Å². The molecule has 0 bridgehead atoms. The second kappa shape index (κ2) is 9.49. The van der Waals surface area contributed by atoms with Gasteiger partial charge >= 0.3 is 0 Å². The average molecular weight is 498 g/mol. The Kier molecular flexibility index (Phi) is 6.53. The van der Waals surface area contributed by atoms with E-state index in [1.165, 1.54) is 12.1 Å². The Bertz CT molecular complexity index is 1150. The van der Waals surface area contributed by atoms with E-state index in [4.69, 9.17) is 4.74 Å². The molecule has 1 aliphatic heterocycles. The monoisotopic (exact) mass is 497 g/mol. The van der Waals surface area contributed by atoms with Crippen molar-refractivity contribution in [2.24, 2.45) is 0 Å². The summed E-state index contributed by atoms with van der Waals surface area (Å²) >= 11 is 4.40. The summed E-state index contributed by atoms with van der Waals surface area (Å²) in [7, 11) is 0. The van der Waals surface area contributed by atoms with E-state index >= 15 is 0 Å². The third-order valence-corrected chi connectivity index (χ3v) is 6.15. The van der Waals surface area contributed by atoms with E-state index in [2.05, 4.69) is 15.9 Å². The third-order valence-electron chi connectivity index (χ3n) is 4.62. The molecule has 0 unspecified atom stereocenters. The zero-order valence-electron chi connectivity index (χ0n) is 16.3. The maximum Gasteiger partial charge on any atom is 0.293 e. The van der Waals surface area contributed by atoms with Gasteiger partial charge < -0.3 is 4.74 Å². The van der Waals surface area contributed by atoms with Gasteiger partial charge in [-0.05, 0) is 74.7 Å². The summed E-state index contributed by atoms with van der Waals surface area (Å²) in [6.45, 7) is 0.555. The second-order valence-electron chi connectivity index (χ2n) is 6.86. The number of halogens is 2. The van der Waals surface area contributed by atoms with Crippen molar-refractivity contribution >= 4 is 44.9 Å². The van der Waals surface area contributed by atoms with Crippen LogP contribution in [0.2, 0.25) is 0 Å². The first-order valence-corrected chi connectivity index (χ1v) is 11.1. The van der Waals surface area contributed by atoms with Crippen molar-refractivity contribution in [3.05, 3.63) is 105 Å². The highest BCUT2D eigenvalue weighted by Crippen LogP contribution is 2.35. The molecule has 0 saturated carbocycles. The fraction of sp³-hybridized carbons (Fsp3) is 0.0833. The van der Waals surface area contributed by atoms with Crippen LogP contribution in [0.5, 0.6) is 5.75 Å². The molecular weight excluding hydrogens is 481 g/mol. The maximum absolute atomic E-state index is 13.1. The number of ether oxygens (including phenoxy) is 1. The van der Waals surface area contributed by atoms with Crippen LogP contribution in [0.25, 0.3) is 6.08 Å². The van der Waals surface area contributed by atoms with E-state index in [-0.39, 0.29) is 23.5 Å². The average Bonchev–Trinajstić information content (AvgIpc) is 3.03. The smallest absolute Gasteiger partial charge is 0.293 e. The Morgan fingerprint density at radius 1 is 0.968 bits per heavy atom. The van der Waals surface area contributed by atoms with Crippen LogP contribution in [0.4, 0.5) is 9.18 Å². The standard InChI is InChI=1S/C24H17BrFNO3S/c25-20-12-18(8-11-21(20)30-15-17-4-2-1-3-5-17)13-22-23(28)27(24(29)31-22)14-16-6-9-19(26)10-7-16/h1-13H,14-15H2/b22-13+. The van der Waals surface area contributed by atoms with Crippen LogP contribution in [0.15, 0.2) is 82.2 Å². The molecule has 0 atom stereocenters. The predicted octanol–water partition coefficient (Wildman–Crippen LogP) is 6.40. The van der Waals surface area contributed by atoms with Gasteiger partial charge in [-0.2, -0.15) is 0 Å². The van der Waals surface area contributed by atoms with Crippen LogP contribution in [0.3, 0.4) is 0 Å². The minimum atomic E-state index is -0.362. The number of hydrogen-bond donors (Lipinski definition) is 0.